The highest BCUT2D eigenvalue weighted by Gasteiger charge is 2.25. The molecule has 0 amide bonds. The van der Waals surface area contributed by atoms with E-state index < -0.39 is 0 Å². The van der Waals surface area contributed by atoms with Gasteiger partial charge in [-0.05, 0) is 31.0 Å². The molecule has 1 aliphatic rings. The van der Waals surface area contributed by atoms with E-state index in [-0.39, 0.29) is 0 Å². The first-order valence-corrected chi connectivity index (χ1v) is 6.90. The van der Waals surface area contributed by atoms with E-state index in [0.717, 1.165) is 10.2 Å². The van der Waals surface area contributed by atoms with Crippen molar-refractivity contribution in [1.82, 2.24) is 9.55 Å². The summed E-state index contributed by atoms with van der Waals surface area (Å²) in [6.45, 7) is 0.437. The number of rotatable bonds is 4. The molecule has 0 bridgehead atoms. The number of aromatic nitrogens is 2. The molecular formula is C14H12BrN3O. The van der Waals surface area contributed by atoms with Gasteiger partial charge in [-0.2, -0.15) is 5.26 Å². The summed E-state index contributed by atoms with van der Waals surface area (Å²) in [5, 5.41) is 9.08. The monoisotopic (exact) mass is 317 g/mol. The summed E-state index contributed by atoms with van der Waals surface area (Å²) in [4.78, 5) is 4.16. The minimum absolute atomic E-state index is 0.437. The molecular weight excluding hydrogens is 306 g/mol. The Balaban J connectivity index is 1.75. The number of halogens is 1. The maximum atomic E-state index is 9.08. The Hall–Kier alpha value is -1.80. The third-order valence-electron chi connectivity index (χ3n) is 3.12. The maximum Gasteiger partial charge on any atom is 0.137 e. The van der Waals surface area contributed by atoms with Crippen molar-refractivity contribution in [3.63, 3.8) is 0 Å². The first-order chi connectivity index (χ1) is 9.28. The number of nitrogens with zero attached hydrogens (tertiary/aromatic N) is 3. The Morgan fingerprint density at radius 3 is 3.05 bits per heavy atom. The first-order valence-electron chi connectivity index (χ1n) is 6.11. The lowest BCUT2D eigenvalue weighted by atomic mass is 10.2. The zero-order valence-electron chi connectivity index (χ0n) is 10.2. The van der Waals surface area contributed by atoms with Gasteiger partial charge in [-0.15, -0.1) is 0 Å². The minimum Gasteiger partial charge on any atom is -0.486 e. The number of nitriles is 1. The third-order valence-corrected chi connectivity index (χ3v) is 3.62. The van der Waals surface area contributed by atoms with Crippen LogP contribution in [0.5, 0.6) is 5.75 Å². The molecule has 1 aromatic carbocycles. The van der Waals surface area contributed by atoms with Crippen molar-refractivity contribution in [2.75, 3.05) is 0 Å². The van der Waals surface area contributed by atoms with Crippen LogP contribution in [-0.4, -0.2) is 9.55 Å². The van der Waals surface area contributed by atoms with Crippen molar-refractivity contribution >= 4 is 15.9 Å². The molecule has 1 aromatic heterocycles. The molecule has 0 aliphatic heterocycles. The fraction of sp³-hybridized carbons (Fsp3) is 0.286. The Morgan fingerprint density at radius 1 is 1.47 bits per heavy atom. The van der Waals surface area contributed by atoms with Crippen molar-refractivity contribution in [3.05, 3.63) is 46.5 Å². The first kappa shape index (κ1) is 12.2. The lowest BCUT2D eigenvalue weighted by Crippen LogP contribution is -2.04. The van der Waals surface area contributed by atoms with E-state index in [0.29, 0.717) is 24.0 Å². The molecule has 2 aromatic rings. The molecule has 19 heavy (non-hydrogen) atoms. The Kier molecular flexibility index (Phi) is 3.26. The van der Waals surface area contributed by atoms with Gasteiger partial charge in [-0.25, -0.2) is 4.98 Å². The summed E-state index contributed by atoms with van der Waals surface area (Å²) in [5.74, 6) is 0.606. The molecule has 1 heterocycles. The number of benzene rings is 1. The Bertz CT molecular complexity index is 640. The van der Waals surface area contributed by atoms with Gasteiger partial charge >= 0.3 is 0 Å². The Labute approximate surface area is 119 Å². The van der Waals surface area contributed by atoms with E-state index in [9.17, 15) is 0 Å². The molecule has 3 rings (SSSR count). The molecule has 0 N–H and O–H groups in total. The van der Waals surface area contributed by atoms with Crippen LogP contribution in [0.4, 0.5) is 0 Å². The van der Waals surface area contributed by atoms with Gasteiger partial charge < -0.3 is 9.30 Å². The minimum atomic E-state index is 0.437. The van der Waals surface area contributed by atoms with Crippen LogP contribution in [0.3, 0.4) is 0 Å². The van der Waals surface area contributed by atoms with Crippen LogP contribution in [0, 0.1) is 11.3 Å². The predicted molar refractivity (Wildman–Crippen MR) is 73.7 cm³/mol. The number of imidazole rings is 1. The van der Waals surface area contributed by atoms with Crippen LogP contribution in [0.15, 0.2) is 35.2 Å². The molecule has 1 aliphatic carbocycles. The van der Waals surface area contributed by atoms with Gasteiger partial charge in [-0.3, -0.25) is 0 Å². The highest BCUT2D eigenvalue weighted by Crippen LogP contribution is 2.35. The molecule has 0 radical (unpaired) electrons. The van der Waals surface area contributed by atoms with Crippen LogP contribution < -0.4 is 4.74 Å². The highest BCUT2D eigenvalue weighted by atomic mass is 79.9. The number of hydrogen-bond donors (Lipinski definition) is 0. The summed E-state index contributed by atoms with van der Waals surface area (Å²) >= 11 is 3.35. The quantitative estimate of drug-likeness (QED) is 0.868. The zero-order valence-corrected chi connectivity index (χ0v) is 11.8. The van der Waals surface area contributed by atoms with Gasteiger partial charge in [0.2, 0.25) is 0 Å². The van der Waals surface area contributed by atoms with Crippen LogP contribution in [0.1, 0.15) is 30.1 Å². The second-order valence-electron chi connectivity index (χ2n) is 4.56. The summed E-state index contributed by atoms with van der Waals surface area (Å²) in [6, 6.07) is 8.16. The largest absolute Gasteiger partial charge is 0.486 e. The van der Waals surface area contributed by atoms with Crippen molar-refractivity contribution in [1.29, 1.82) is 5.26 Å². The van der Waals surface area contributed by atoms with E-state index in [1.807, 2.05) is 18.6 Å². The fourth-order valence-electron chi connectivity index (χ4n) is 1.99. The molecule has 1 saturated carbocycles. The smallest absolute Gasteiger partial charge is 0.137 e. The van der Waals surface area contributed by atoms with Crippen molar-refractivity contribution in [2.24, 2.45) is 0 Å². The molecule has 0 unspecified atom stereocenters. The standard InChI is InChI=1S/C14H12BrN3O/c15-11-1-4-14(10(5-11)6-16)19-8-13-7-17-9-18(13)12-2-3-12/h1,4-5,7,9,12H,2-3,8H2. The number of ether oxygens (including phenoxy) is 1. The summed E-state index contributed by atoms with van der Waals surface area (Å²) in [5.41, 5.74) is 1.58. The van der Waals surface area contributed by atoms with E-state index in [4.69, 9.17) is 10.00 Å². The maximum absolute atomic E-state index is 9.08. The van der Waals surface area contributed by atoms with Crippen molar-refractivity contribution in [3.8, 4) is 11.8 Å². The molecule has 4 nitrogen and oxygen atoms in total. The van der Waals surface area contributed by atoms with Crippen molar-refractivity contribution < 1.29 is 4.74 Å². The average molecular weight is 318 g/mol. The summed E-state index contributed by atoms with van der Waals surface area (Å²) in [7, 11) is 0. The van der Waals surface area contributed by atoms with Crippen LogP contribution in [0.2, 0.25) is 0 Å². The van der Waals surface area contributed by atoms with Gasteiger partial charge in [0, 0.05) is 10.5 Å². The van der Waals surface area contributed by atoms with Gasteiger partial charge in [0.1, 0.15) is 18.4 Å². The molecule has 0 atom stereocenters. The summed E-state index contributed by atoms with van der Waals surface area (Å²) < 4.78 is 8.77. The topological polar surface area (TPSA) is 50.8 Å². The Morgan fingerprint density at radius 2 is 2.32 bits per heavy atom. The van der Waals surface area contributed by atoms with E-state index in [2.05, 4.69) is 31.6 Å². The zero-order chi connectivity index (χ0) is 13.2. The van der Waals surface area contributed by atoms with E-state index in [1.54, 1.807) is 12.1 Å². The molecule has 1 fully saturated rings. The van der Waals surface area contributed by atoms with Gasteiger partial charge in [-0.1, -0.05) is 15.9 Å². The molecule has 96 valence electrons. The van der Waals surface area contributed by atoms with Crippen LogP contribution in [-0.2, 0) is 6.61 Å². The van der Waals surface area contributed by atoms with Crippen LogP contribution in [0.25, 0.3) is 0 Å². The highest BCUT2D eigenvalue weighted by molar-refractivity contribution is 9.10. The average Bonchev–Trinajstić information content (AvgIpc) is 3.16. The number of hydrogen-bond acceptors (Lipinski definition) is 3. The van der Waals surface area contributed by atoms with Crippen molar-refractivity contribution in [2.45, 2.75) is 25.5 Å². The third kappa shape index (κ3) is 2.64. The normalized spacial score (nSPS) is 14.1. The SMILES string of the molecule is N#Cc1cc(Br)ccc1OCc1cncn1C1CC1. The van der Waals surface area contributed by atoms with Gasteiger partial charge in [0.15, 0.2) is 0 Å². The molecule has 0 saturated heterocycles. The predicted octanol–water partition coefficient (Wildman–Crippen LogP) is 3.43. The fourth-order valence-corrected chi connectivity index (χ4v) is 2.35. The van der Waals surface area contributed by atoms with Gasteiger partial charge in [0.25, 0.3) is 0 Å². The van der Waals surface area contributed by atoms with Gasteiger partial charge in [0.05, 0.1) is 23.8 Å². The molecule has 5 heteroatoms. The molecule has 0 spiro atoms. The lowest BCUT2D eigenvalue weighted by molar-refractivity contribution is 0.294. The summed E-state index contributed by atoms with van der Waals surface area (Å²) in [6.07, 6.45) is 6.10. The lowest BCUT2D eigenvalue weighted by Gasteiger charge is -2.10. The van der Waals surface area contributed by atoms with Crippen LogP contribution >= 0.6 is 15.9 Å². The second-order valence-corrected chi connectivity index (χ2v) is 5.48. The second kappa shape index (κ2) is 5.06. The van der Waals surface area contributed by atoms with E-state index >= 15 is 0 Å². The van der Waals surface area contributed by atoms with E-state index in [1.165, 1.54) is 12.8 Å².